The number of fused-ring (bicyclic) bond motifs is 1. The molecule has 0 radical (unpaired) electrons. The highest BCUT2D eigenvalue weighted by molar-refractivity contribution is 7.16. The van der Waals surface area contributed by atoms with Gasteiger partial charge in [-0.05, 0) is 28.7 Å². The molecule has 0 saturated heterocycles. The largest absolute Gasteiger partial charge is 0.317 e. The van der Waals surface area contributed by atoms with Crippen LogP contribution in [-0.4, -0.2) is 17.4 Å². The van der Waals surface area contributed by atoms with Gasteiger partial charge in [-0.2, -0.15) is 5.26 Å². The second-order valence-electron chi connectivity index (χ2n) is 8.89. The van der Waals surface area contributed by atoms with E-state index in [9.17, 15) is 10.1 Å². The molecule has 0 saturated carbocycles. The Hall–Kier alpha value is -3.72. The van der Waals surface area contributed by atoms with Gasteiger partial charge in [0.2, 0.25) is 5.91 Å². The second kappa shape index (κ2) is 10.7. The highest BCUT2D eigenvalue weighted by Gasteiger charge is 2.26. The van der Waals surface area contributed by atoms with Crippen molar-refractivity contribution in [2.45, 2.75) is 31.8 Å². The van der Waals surface area contributed by atoms with Crippen molar-refractivity contribution in [2.75, 3.05) is 11.9 Å². The highest BCUT2D eigenvalue weighted by Crippen LogP contribution is 2.37. The van der Waals surface area contributed by atoms with Crippen LogP contribution in [0.25, 0.3) is 0 Å². The first-order valence-electron chi connectivity index (χ1n) is 11.9. The summed E-state index contributed by atoms with van der Waals surface area (Å²) < 4.78 is 0. The Kier molecular flexibility index (Phi) is 7.04. The predicted molar refractivity (Wildman–Crippen MR) is 141 cm³/mol. The molecule has 1 aliphatic heterocycles. The lowest BCUT2D eigenvalue weighted by molar-refractivity contribution is -0.116. The summed E-state index contributed by atoms with van der Waals surface area (Å²) in [6.07, 6.45) is 1.15. The molecular weight excluding hydrogens is 450 g/mol. The molecule has 1 N–H and O–H groups in total. The molecule has 0 bridgehead atoms. The minimum absolute atomic E-state index is 0.0427. The van der Waals surface area contributed by atoms with E-state index in [0.717, 1.165) is 42.7 Å². The van der Waals surface area contributed by atoms with Gasteiger partial charge >= 0.3 is 0 Å². The zero-order chi connectivity index (χ0) is 24.0. The van der Waals surface area contributed by atoms with E-state index in [1.807, 2.05) is 42.5 Å². The van der Waals surface area contributed by atoms with E-state index in [4.69, 9.17) is 0 Å². The Morgan fingerprint density at radius 1 is 0.943 bits per heavy atom. The van der Waals surface area contributed by atoms with E-state index in [1.54, 1.807) is 11.3 Å². The number of hydrogen-bond donors (Lipinski definition) is 1. The van der Waals surface area contributed by atoms with E-state index in [-0.39, 0.29) is 11.8 Å². The van der Waals surface area contributed by atoms with Gasteiger partial charge in [0.15, 0.2) is 0 Å². The second-order valence-corrected chi connectivity index (χ2v) is 10.00. The van der Waals surface area contributed by atoms with E-state index in [2.05, 4.69) is 64.8 Å². The molecule has 3 aromatic carbocycles. The van der Waals surface area contributed by atoms with Crippen LogP contribution in [0.2, 0.25) is 0 Å². The maximum absolute atomic E-state index is 13.2. The zero-order valence-electron chi connectivity index (χ0n) is 19.5. The van der Waals surface area contributed by atoms with Crippen LogP contribution in [0.1, 0.15) is 45.0 Å². The topological polar surface area (TPSA) is 56.1 Å². The lowest BCUT2D eigenvalue weighted by atomic mass is 9.88. The highest BCUT2D eigenvalue weighted by atomic mass is 32.1. The number of rotatable bonds is 7. The fourth-order valence-corrected chi connectivity index (χ4v) is 6.06. The van der Waals surface area contributed by atoms with Gasteiger partial charge in [0.05, 0.1) is 5.56 Å². The van der Waals surface area contributed by atoms with Crippen LogP contribution in [-0.2, 0) is 24.3 Å². The molecule has 0 fully saturated rings. The first kappa shape index (κ1) is 23.0. The number of hydrogen-bond acceptors (Lipinski definition) is 4. The number of thiophene rings is 1. The van der Waals surface area contributed by atoms with Crippen molar-refractivity contribution >= 4 is 22.2 Å². The maximum atomic E-state index is 13.2. The molecule has 4 aromatic rings. The molecule has 174 valence electrons. The number of nitrogens with one attached hydrogen (secondary N) is 1. The Morgan fingerprint density at radius 2 is 1.54 bits per heavy atom. The van der Waals surface area contributed by atoms with Gasteiger partial charge < -0.3 is 5.32 Å². The quantitative estimate of drug-likeness (QED) is 0.338. The van der Waals surface area contributed by atoms with Crippen LogP contribution in [0.4, 0.5) is 5.00 Å². The fourth-order valence-electron chi connectivity index (χ4n) is 4.80. The van der Waals surface area contributed by atoms with E-state index >= 15 is 0 Å². The molecule has 0 unspecified atom stereocenters. The first-order valence-corrected chi connectivity index (χ1v) is 12.7. The minimum atomic E-state index is -0.0704. The van der Waals surface area contributed by atoms with E-state index < -0.39 is 0 Å². The van der Waals surface area contributed by atoms with Crippen LogP contribution < -0.4 is 5.32 Å². The standard InChI is InChI=1S/C30H27N3OS/c31-19-27-25-16-17-33(20-22-10-4-1-5-11-22)21-28(25)35-30(27)32-29(34)18-26(23-12-6-2-7-13-23)24-14-8-3-9-15-24/h1-15,26H,16-18,20-21H2,(H,32,34). The van der Waals surface area contributed by atoms with Gasteiger partial charge in [0.25, 0.3) is 0 Å². The smallest absolute Gasteiger partial charge is 0.225 e. The van der Waals surface area contributed by atoms with Gasteiger partial charge in [-0.15, -0.1) is 11.3 Å². The number of anilines is 1. The van der Waals surface area contributed by atoms with Crippen molar-refractivity contribution < 1.29 is 4.79 Å². The van der Waals surface area contributed by atoms with Crippen molar-refractivity contribution in [3.05, 3.63) is 124 Å². The summed E-state index contributed by atoms with van der Waals surface area (Å²) in [7, 11) is 0. The molecule has 1 aromatic heterocycles. The van der Waals surface area contributed by atoms with Gasteiger partial charge in [0.1, 0.15) is 11.1 Å². The third-order valence-electron chi connectivity index (χ3n) is 6.54. The Labute approximate surface area is 210 Å². The number of benzene rings is 3. The number of carbonyl (C=O) groups excluding carboxylic acids is 1. The van der Waals surface area contributed by atoms with Crippen LogP contribution in [0.15, 0.2) is 91.0 Å². The van der Waals surface area contributed by atoms with Crippen molar-refractivity contribution in [3.8, 4) is 6.07 Å². The summed E-state index contributed by atoms with van der Waals surface area (Å²) in [5.74, 6) is -0.113. The molecule has 2 heterocycles. The predicted octanol–water partition coefficient (Wildman–Crippen LogP) is 6.34. The molecule has 0 spiro atoms. The minimum Gasteiger partial charge on any atom is -0.317 e. The van der Waals surface area contributed by atoms with Crippen molar-refractivity contribution in [1.29, 1.82) is 5.26 Å². The summed E-state index contributed by atoms with van der Waals surface area (Å²) in [4.78, 5) is 16.8. The molecule has 1 amide bonds. The van der Waals surface area contributed by atoms with Gasteiger partial charge in [-0.25, -0.2) is 0 Å². The number of nitrogens with zero attached hydrogens (tertiary/aromatic N) is 2. The molecule has 5 rings (SSSR count). The first-order chi connectivity index (χ1) is 17.2. The molecule has 0 aliphatic carbocycles. The molecule has 5 heteroatoms. The lowest BCUT2D eigenvalue weighted by Crippen LogP contribution is -2.29. The number of nitriles is 1. The Bertz CT molecular complexity index is 1290. The average molecular weight is 478 g/mol. The summed E-state index contributed by atoms with van der Waals surface area (Å²) in [5.41, 5.74) is 5.23. The van der Waals surface area contributed by atoms with Crippen molar-refractivity contribution in [1.82, 2.24) is 4.90 Å². The van der Waals surface area contributed by atoms with Crippen LogP contribution in [0.5, 0.6) is 0 Å². The average Bonchev–Trinajstić information content (AvgIpc) is 3.24. The number of amides is 1. The maximum Gasteiger partial charge on any atom is 0.225 e. The monoisotopic (exact) mass is 477 g/mol. The molecule has 0 atom stereocenters. The lowest BCUT2D eigenvalue weighted by Gasteiger charge is -2.26. The summed E-state index contributed by atoms with van der Waals surface area (Å²) in [6, 6.07) is 33.1. The third-order valence-corrected chi connectivity index (χ3v) is 7.68. The third kappa shape index (κ3) is 5.35. The molecule has 4 nitrogen and oxygen atoms in total. The summed E-state index contributed by atoms with van der Waals surface area (Å²) in [5, 5.41) is 13.7. The molecule has 1 aliphatic rings. The molecular formula is C30H27N3OS. The van der Waals surface area contributed by atoms with Gasteiger partial charge in [-0.3, -0.25) is 9.69 Å². The van der Waals surface area contributed by atoms with Crippen molar-refractivity contribution in [3.63, 3.8) is 0 Å². The fraction of sp³-hybridized carbons (Fsp3) is 0.200. The van der Waals surface area contributed by atoms with Crippen LogP contribution in [0.3, 0.4) is 0 Å². The van der Waals surface area contributed by atoms with Crippen LogP contribution in [0, 0.1) is 11.3 Å². The van der Waals surface area contributed by atoms with Crippen LogP contribution >= 0.6 is 11.3 Å². The number of carbonyl (C=O) groups is 1. The van der Waals surface area contributed by atoms with Crippen molar-refractivity contribution in [2.24, 2.45) is 0 Å². The molecule has 35 heavy (non-hydrogen) atoms. The Morgan fingerprint density at radius 3 is 2.14 bits per heavy atom. The normalized spacial score (nSPS) is 13.3. The van der Waals surface area contributed by atoms with Gasteiger partial charge in [-0.1, -0.05) is 91.0 Å². The summed E-state index contributed by atoms with van der Waals surface area (Å²) >= 11 is 1.55. The van der Waals surface area contributed by atoms with Gasteiger partial charge in [0, 0.05) is 36.9 Å². The van der Waals surface area contributed by atoms with E-state index in [0.29, 0.717) is 17.0 Å². The zero-order valence-corrected chi connectivity index (χ0v) is 20.3. The summed E-state index contributed by atoms with van der Waals surface area (Å²) in [6.45, 7) is 2.60. The Balaban J connectivity index is 1.33. The van der Waals surface area contributed by atoms with E-state index in [1.165, 1.54) is 10.4 Å². The SMILES string of the molecule is N#Cc1c(NC(=O)CC(c2ccccc2)c2ccccc2)sc2c1CCN(Cc1ccccc1)C2.